The molecule has 0 amide bonds. The summed E-state index contributed by atoms with van der Waals surface area (Å²) in [5.74, 6) is -0.168. The van der Waals surface area contributed by atoms with Crippen LogP contribution in [0.15, 0.2) is 18.3 Å². The average molecular weight is 265 g/mol. The molecule has 0 radical (unpaired) electrons. The van der Waals surface area contributed by atoms with Crippen molar-refractivity contribution in [2.75, 3.05) is 11.9 Å². The summed E-state index contributed by atoms with van der Waals surface area (Å²) in [4.78, 5) is 13.7. The van der Waals surface area contributed by atoms with Gasteiger partial charge in [0, 0.05) is 12.6 Å². The maximum atomic E-state index is 10.5. The Morgan fingerprint density at radius 3 is 2.53 bits per heavy atom. The van der Waals surface area contributed by atoms with Gasteiger partial charge in [0.05, 0.1) is 11.3 Å². The molecular weight excluding hydrogens is 246 g/mol. The van der Waals surface area contributed by atoms with E-state index in [-0.39, 0.29) is 5.82 Å². The first-order valence-electron chi connectivity index (χ1n) is 6.66. The van der Waals surface area contributed by atoms with Crippen molar-refractivity contribution in [2.24, 2.45) is 0 Å². The van der Waals surface area contributed by atoms with Gasteiger partial charge in [0.15, 0.2) is 6.20 Å². The second kappa shape index (κ2) is 5.97. The minimum atomic E-state index is -0.668. The molecule has 0 bridgehead atoms. The van der Waals surface area contributed by atoms with Crippen molar-refractivity contribution < 1.29 is 10.0 Å². The van der Waals surface area contributed by atoms with Crippen LogP contribution in [0.3, 0.4) is 0 Å². The van der Waals surface area contributed by atoms with Crippen LogP contribution in [0.1, 0.15) is 38.5 Å². The molecule has 1 fully saturated rings. The lowest BCUT2D eigenvalue weighted by molar-refractivity contribution is -0.389. The Morgan fingerprint density at radius 2 is 2.00 bits per heavy atom. The van der Waals surface area contributed by atoms with E-state index in [1.165, 1.54) is 25.1 Å². The summed E-state index contributed by atoms with van der Waals surface area (Å²) in [6.45, 7) is 0.465. The number of aromatic nitrogens is 1. The number of rotatable bonds is 4. The molecule has 0 aromatic carbocycles. The quantitative estimate of drug-likeness (QED) is 0.496. The maximum absolute atomic E-state index is 10.5. The van der Waals surface area contributed by atoms with Crippen molar-refractivity contribution in [3.05, 3.63) is 28.4 Å². The van der Waals surface area contributed by atoms with E-state index >= 15 is 0 Å². The molecule has 0 aliphatic heterocycles. The van der Waals surface area contributed by atoms with E-state index in [1.807, 2.05) is 0 Å². The van der Waals surface area contributed by atoms with E-state index in [1.54, 1.807) is 6.07 Å². The van der Waals surface area contributed by atoms with Crippen LogP contribution < -0.4 is 5.32 Å². The molecule has 0 unspecified atom stereocenters. The number of nitrogens with zero attached hydrogens (tertiary/aromatic N) is 2. The zero-order valence-corrected chi connectivity index (χ0v) is 10.8. The molecule has 1 aliphatic rings. The number of aliphatic hydroxyl groups is 1. The van der Waals surface area contributed by atoms with E-state index in [0.717, 1.165) is 25.7 Å². The Hall–Kier alpha value is -1.69. The second-order valence-electron chi connectivity index (χ2n) is 5.15. The molecule has 1 aromatic rings. The molecule has 6 nitrogen and oxygen atoms in total. The van der Waals surface area contributed by atoms with E-state index in [0.29, 0.717) is 12.2 Å². The van der Waals surface area contributed by atoms with Gasteiger partial charge < -0.3 is 20.5 Å². The van der Waals surface area contributed by atoms with Crippen LogP contribution >= 0.6 is 0 Å². The third kappa shape index (κ3) is 3.89. The summed E-state index contributed by atoms with van der Waals surface area (Å²) >= 11 is 0. The Bertz CT molecular complexity index is 425. The number of pyridine rings is 1. The number of hydrogen-bond donors (Lipinski definition) is 2. The highest BCUT2D eigenvalue weighted by Gasteiger charge is 2.27. The Balaban J connectivity index is 1.92. The third-order valence-electron chi connectivity index (χ3n) is 3.59. The molecule has 2 N–H and O–H groups in total. The van der Waals surface area contributed by atoms with Gasteiger partial charge in [0.25, 0.3) is 0 Å². The molecule has 1 aliphatic carbocycles. The summed E-state index contributed by atoms with van der Waals surface area (Å²) in [6.07, 6.45) is 7.51. The van der Waals surface area contributed by atoms with E-state index in [4.69, 9.17) is 0 Å². The molecule has 0 atom stereocenters. The van der Waals surface area contributed by atoms with Crippen LogP contribution in [-0.4, -0.2) is 27.2 Å². The molecule has 104 valence electrons. The van der Waals surface area contributed by atoms with Crippen molar-refractivity contribution in [2.45, 2.75) is 44.1 Å². The SMILES string of the molecule is O=[N+]([O-])c1ccc(NCC2(O)CCCCCC2)cn1. The van der Waals surface area contributed by atoms with Gasteiger partial charge in [-0.2, -0.15) is 0 Å². The van der Waals surface area contributed by atoms with Gasteiger partial charge >= 0.3 is 5.82 Å². The zero-order chi connectivity index (χ0) is 13.7. The topological polar surface area (TPSA) is 88.3 Å². The average Bonchev–Trinajstić information content (AvgIpc) is 2.62. The number of hydrogen-bond acceptors (Lipinski definition) is 5. The minimum absolute atomic E-state index is 0.168. The molecule has 1 saturated carbocycles. The van der Waals surface area contributed by atoms with Gasteiger partial charge in [-0.25, -0.2) is 0 Å². The van der Waals surface area contributed by atoms with Gasteiger partial charge in [0.1, 0.15) is 0 Å². The number of anilines is 1. The summed E-state index contributed by atoms with van der Waals surface area (Å²) in [5, 5.41) is 24.1. The van der Waals surface area contributed by atoms with Crippen molar-refractivity contribution in [1.82, 2.24) is 4.98 Å². The lowest BCUT2D eigenvalue weighted by atomic mass is 9.94. The van der Waals surface area contributed by atoms with Crippen LogP contribution in [0.25, 0.3) is 0 Å². The molecule has 6 heteroatoms. The van der Waals surface area contributed by atoms with E-state index in [2.05, 4.69) is 10.3 Å². The van der Waals surface area contributed by atoms with Gasteiger partial charge in [0.2, 0.25) is 0 Å². The maximum Gasteiger partial charge on any atom is 0.363 e. The molecule has 2 rings (SSSR count). The molecular formula is C13H19N3O3. The summed E-state index contributed by atoms with van der Waals surface area (Å²) in [6, 6.07) is 2.98. The Morgan fingerprint density at radius 1 is 1.32 bits per heavy atom. The second-order valence-corrected chi connectivity index (χ2v) is 5.15. The van der Waals surface area contributed by atoms with Crippen molar-refractivity contribution in [3.8, 4) is 0 Å². The molecule has 19 heavy (non-hydrogen) atoms. The fraction of sp³-hybridized carbons (Fsp3) is 0.615. The Labute approximate surface area is 112 Å². The fourth-order valence-electron chi connectivity index (χ4n) is 2.43. The summed E-state index contributed by atoms with van der Waals surface area (Å²) < 4.78 is 0. The first-order valence-corrected chi connectivity index (χ1v) is 6.66. The monoisotopic (exact) mass is 265 g/mol. The van der Waals surface area contributed by atoms with Crippen LogP contribution in [0.2, 0.25) is 0 Å². The van der Waals surface area contributed by atoms with Crippen LogP contribution in [0, 0.1) is 10.1 Å². The predicted octanol–water partition coefficient (Wildman–Crippen LogP) is 2.49. The summed E-state index contributed by atoms with van der Waals surface area (Å²) in [7, 11) is 0. The molecule has 0 saturated heterocycles. The van der Waals surface area contributed by atoms with Crippen LogP contribution in [0.5, 0.6) is 0 Å². The largest absolute Gasteiger partial charge is 0.388 e. The van der Waals surface area contributed by atoms with Crippen LogP contribution in [-0.2, 0) is 0 Å². The van der Waals surface area contributed by atoms with Gasteiger partial charge in [-0.15, -0.1) is 0 Å². The lowest BCUT2D eigenvalue weighted by Gasteiger charge is -2.27. The predicted molar refractivity (Wildman–Crippen MR) is 72.0 cm³/mol. The summed E-state index contributed by atoms with van der Waals surface area (Å²) in [5.41, 5.74) is 0.0291. The smallest absolute Gasteiger partial charge is 0.363 e. The minimum Gasteiger partial charge on any atom is -0.388 e. The van der Waals surface area contributed by atoms with E-state index < -0.39 is 10.5 Å². The van der Waals surface area contributed by atoms with Crippen molar-refractivity contribution in [1.29, 1.82) is 0 Å². The molecule has 0 spiro atoms. The highest BCUT2D eigenvalue weighted by atomic mass is 16.6. The lowest BCUT2D eigenvalue weighted by Crippen LogP contribution is -2.36. The highest BCUT2D eigenvalue weighted by molar-refractivity contribution is 5.43. The first-order chi connectivity index (χ1) is 9.09. The van der Waals surface area contributed by atoms with Gasteiger partial charge in [-0.05, 0) is 28.8 Å². The third-order valence-corrected chi connectivity index (χ3v) is 3.59. The number of nitro groups is 1. The molecule has 1 heterocycles. The Kier molecular flexibility index (Phi) is 4.31. The van der Waals surface area contributed by atoms with Gasteiger partial charge in [-0.3, -0.25) is 0 Å². The highest BCUT2D eigenvalue weighted by Crippen LogP contribution is 2.27. The fourth-order valence-corrected chi connectivity index (χ4v) is 2.43. The normalized spacial score (nSPS) is 18.6. The standard InChI is InChI=1S/C13H19N3O3/c17-13(7-3-1-2-4-8-13)10-15-11-5-6-12(14-9-11)16(18)19/h5-6,9,15,17H,1-4,7-8,10H2. The van der Waals surface area contributed by atoms with Crippen LogP contribution in [0.4, 0.5) is 11.5 Å². The van der Waals surface area contributed by atoms with E-state index in [9.17, 15) is 15.2 Å². The molecule has 1 aromatic heterocycles. The van der Waals surface area contributed by atoms with Crippen molar-refractivity contribution in [3.63, 3.8) is 0 Å². The first kappa shape index (κ1) is 13.7. The zero-order valence-electron chi connectivity index (χ0n) is 10.8. The number of nitrogens with one attached hydrogen (secondary N) is 1. The van der Waals surface area contributed by atoms with Gasteiger partial charge in [-0.1, -0.05) is 25.7 Å². The van der Waals surface area contributed by atoms with Crippen molar-refractivity contribution >= 4 is 11.5 Å².